The second-order valence-corrected chi connectivity index (χ2v) is 8.83. The Balaban J connectivity index is 1.14. The van der Waals surface area contributed by atoms with Crippen molar-refractivity contribution in [2.24, 2.45) is 0 Å². The molecule has 3 aromatic heterocycles. The average Bonchev–Trinajstić information content (AvgIpc) is 3.46. The lowest BCUT2D eigenvalue weighted by Gasteiger charge is -2.30. The number of hydrogen-bond donors (Lipinski definition) is 2. The van der Waals surface area contributed by atoms with Crippen LogP contribution in [-0.4, -0.2) is 43.8 Å². The summed E-state index contributed by atoms with van der Waals surface area (Å²) in [6, 6.07) is 10.9. The predicted octanol–water partition coefficient (Wildman–Crippen LogP) is 3.86. The Morgan fingerprint density at radius 2 is 2.03 bits per heavy atom. The first-order chi connectivity index (χ1) is 15.7. The van der Waals surface area contributed by atoms with Crippen molar-refractivity contribution in [1.29, 1.82) is 0 Å². The van der Waals surface area contributed by atoms with Crippen LogP contribution < -0.4 is 5.32 Å². The molecule has 1 aromatic carbocycles. The molecular formula is C23H23FN6OS. The molecule has 0 spiro atoms. The fourth-order valence-electron chi connectivity index (χ4n) is 4.01. The lowest BCUT2D eigenvalue weighted by atomic mass is 9.97. The van der Waals surface area contributed by atoms with Gasteiger partial charge in [0.15, 0.2) is 0 Å². The number of hydrogen-bond acceptors (Lipinski definition) is 6. The second-order valence-electron chi connectivity index (χ2n) is 7.94. The van der Waals surface area contributed by atoms with Crippen molar-refractivity contribution in [1.82, 2.24) is 30.2 Å². The summed E-state index contributed by atoms with van der Waals surface area (Å²) in [7, 11) is 0. The van der Waals surface area contributed by atoms with Crippen molar-refractivity contribution >= 4 is 28.3 Å². The molecule has 1 amide bonds. The van der Waals surface area contributed by atoms with Crippen molar-refractivity contribution in [2.45, 2.75) is 31.8 Å². The third-order valence-corrected chi connectivity index (χ3v) is 6.76. The standard InChI is InChI=1S/C23H23FN6OS/c24-16-4-3-9-25-19(16)12-26-22(31)20-14-32-23(29-20)15-7-10-30(11-8-15)13-21-27-17-5-1-2-6-18(17)28-21/h1-6,9,14-15H,7-8,10-13H2,(H,26,31)(H,27,28). The first-order valence-electron chi connectivity index (χ1n) is 10.6. The van der Waals surface area contributed by atoms with E-state index in [-0.39, 0.29) is 18.1 Å². The van der Waals surface area contributed by atoms with Crippen molar-refractivity contribution < 1.29 is 9.18 Å². The number of aromatic nitrogens is 4. The van der Waals surface area contributed by atoms with Gasteiger partial charge in [-0.15, -0.1) is 11.3 Å². The average molecular weight is 451 g/mol. The van der Waals surface area contributed by atoms with E-state index in [0.29, 0.717) is 11.6 Å². The maximum absolute atomic E-state index is 13.7. The molecule has 4 aromatic rings. The predicted molar refractivity (Wildman–Crippen MR) is 121 cm³/mol. The molecule has 0 radical (unpaired) electrons. The molecule has 0 unspecified atom stereocenters. The molecule has 1 aliphatic heterocycles. The minimum absolute atomic E-state index is 0.0402. The number of benzene rings is 1. The molecular weight excluding hydrogens is 427 g/mol. The van der Waals surface area contributed by atoms with E-state index in [1.54, 1.807) is 5.38 Å². The minimum Gasteiger partial charge on any atom is -0.345 e. The Bertz CT molecular complexity index is 1200. The van der Waals surface area contributed by atoms with Crippen molar-refractivity contribution in [2.75, 3.05) is 13.1 Å². The molecule has 5 rings (SSSR count). The molecule has 4 heterocycles. The van der Waals surface area contributed by atoms with Crippen LogP contribution in [0.15, 0.2) is 48.0 Å². The summed E-state index contributed by atoms with van der Waals surface area (Å²) >= 11 is 1.52. The van der Waals surface area contributed by atoms with E-state index in [1.807, 2.05) is 24.3 Å². The Labute approximate surface area is 188 Å². The molecule has 0 aliphatic carbocycles. The van der Waals surface area contributed by atoms with Crippen LogP contribution in [0.3, 0.4) is 0 Å². The van der Waals surface area contributed by atoms with Gasteiger partial charge >= 0.3 is 0 Å². The van der Waals surface area contributed by atoms with Crippen molar-refractivity contribution in [3.63, 3.8) is 0 Å². The number of imidazole rings is 1. The summed E-state index contributed by atoms with van der Waals surface area (Å²) in [6.07, 6.45) is 3.49. The smallest absolute Gasteiger partial charge is 0.271 e. The van der Waals surface area contributed by atoms with Crippen LogP contribution in [0.25, 0.3) is 11.0 Å². The number of para-hydroxylation sites is 2. The van der Waals surface area contributed by atoms with Gasteiger partial charge in [-0.2, -0.15) is 0 Å². The maximum Gasteiger partial charge on any atom is 0.271 e. The Hall–Kier alpha value is -3.17. The lowest BCUT2D eigenvalue weighted by Crippen LogP contribution is -2.32. The van der Waals surface area contributed by atoms with Crippen LogP contribution in [-0.2, 0) is 13.1 Å². The normalized spacial score (nSPS) is 15.3. The monoisotopic (exact) mass is 450 g/mol. The van der Waals surface area contributed by atoms with Gasteiger partial charge in [-0.25, -0.2) is 14.4 Å². The zero-order chi connectivity index (χ0) is 21.9. The first kappa shape index (κ1) is 20.7. The van der Waals surface area contributed by atoms with E-state index < -0.39 is 5.82 Å². The number of likely N-dealkylation sites (tertiary alicyclic amines) is 1. The summed E-state index contributed by atoms with van der Waals surface area (Å²) < 4.78 is 13.7. The zero-order valence-corrected chi connectivity index (χ0v) is 18.2. The zero-order valence-electron chi connectivity index (χ0n) is 17.4. The number of carbonyl (C=O) groups is 1. The number of rotatable bonds is 6. The summed E-state index contributed by atoms with van der Waals surface area (Å²) in [5.41, 5.74) is 2.66. The fourth-order valence-corrected chi connectivity index (χ4v) is 4.98. The minimum atomic E-state index is -0.429. The van der Waals surface area contributed by atoms with Gasteiger partial charge in [0.25, 0.3) is 5.91 Å². The quantitative estimate of drug-likeness (QED) is 0.466. The number of halogens is 1. The molecule has 32 heavy (non-hydrogen) atoms. The number of pyridine rings is 1. The topological polar surface area (TPSA) is 86.8 Å². The van der Waals surface area contributed by atoms with Gasteiger partial charge in [-0.05, 0) is 50.2 Å². The Morgan fingerprint density at radius 1 is 1.19 bits per heavy atom. The highest BCUT2D eigenvalue weighted by molar-refractivity contribution is 7.09. The van der Waals surface area contributed by atoms with Gasteiger partial charge < -0.3 is 10.3 Å². The van der Waals surface area contributed by atoms with E-state index in [2.05, 4.69) is 30.2 Å². The van der Waals surface area contributed by atoms with Crippen LogP contribution in [0.5, 0.6) is 0 Å². The first-order valence-corrected chi connectivity index (χ1v) is 11.5. The van der Waals surface area contributed by atoms with Crippen LogP contribution in [0, 0.1) is 5.82 Å². The second kappa shape index (κ2) is 9.13. The summed E-state index contributed by atoms with van der Waals surface area (Å²) in [6.45, 7) is 2.76. The largest absolute Gasteiger partial charge is 0.345 e. The molecule has 1 fully saturated rings. The van der Waals surface area contributed by atoms with Crippen LogP contribution in [0.1, 0.15) is 45.8 Å². The molecule has 0 saturated carbocycles. The SMILES string of the molecule is O=C(NCc1ncccc1F)c1csc(C2CCN(Cc3nc4ccccc4[nH]3)CC2)n1. The maximum atomic E-state index is 13.7. The molecule has 164 valence electrons. The van der Waals surface area contributed by atoms with Crippen LogP contribution in [0.4, 0.5) is 4.39 Å². The van der Waals surface area contributed by atoms with E-state index in [4.69, 9.17) is 0 Å². The van der Waals surface area contributed by atoms with E-state index in [0.717, 1.165) is 54.3 Å². The molecule has 7 nitrogen and oxygen atoms in total. The molecule has 1 saturated heterocycles. The van der Waals surface area contributed by atoms with Gasteiger partial charge in [0.05, 0.1) is 34.8 Å². The highest BCUT2D eigenvalue weighted by atomic mass is 32.1. The number of aromatic amines is 1. The number of amides is 1. The van der Waals surface area contributed by atoms with Gasteiger partial charge in [0, 0.05) is 17.5 Å². The van der Waals surface area contributed by atoms with Gasteiger partial charge in [0.1, 0.15) is 17.3 Å². The number of thiazole rings is 1. The van der Waals surface area contributed by atoms with Crippen molar-refractivity contribution in [3.05, 3.63) is 76.0 Å². The molecule has 2 N–H and O–H groups in total. The molecule has 0 bridgehead atoms. The lowest BCUT2D eigenvalue weighted by molar-refractivity contribution is 0.0945. The van der Waals surface area contributed by atoms with Gasteiger partial charge in [-0.3, -0.25) is 14.7 Å². The van der Waals surface area contributed by atoms with Gasteiger partial charge in [-0.1, -0.05) is 12.1 Å². The summed E-state index contributed by atoms with van der Waals surface area (Å²) in [5.74, 6) is 0.602. The third-order valence-electron chi connectivity index (χ3n) is 5.75. The van der Waals surface area contributed by atoms with Crippen LogP contribution in [0.2, 0.25) is 0 Å². The number of nitrogens with one attached hydrogen (secondary N) is 2. The molecule has 1 aliphatic rings. The summed E-state index contributed by atoms with van der Waals surface area (Å²) in [5, 5.41) is 5.47. The van der Waals surface area contributed by atoms with Gasteiger partial charge in [0.2, 0.25) is 0 Å². The Kier molecular flexibility index (Phi) is 5.91. The number of H-pyrrole nitrogens is 1. The third kappa shape index (κ3) is 4.53. The highest BCUT2D eigenvalue weighted by Crippen LogP contribution is 2.31. The molecule has 9 heteroatoms. The van der Waals surface area contributed by atoms with E-state index in [9.17, 15) is 9.18 Å². The number of carbonyl (C=O) groups excluding carboxylic acids is 1. The van der Waals surface area contributed by atoms with E-state index >= 15 is 0 Å². The van der Waals surface area contributed by atoms with Crippen molar-refractivity contribution in [3.8, 4) is 0 Å². The number of piperidine rings is 1. The van der Waals surface area contributed by atoms with E-state index in [1.165, 1.54) is 29.7 Å². The Morgan fingerprint density at radius 3 is 2.84 bits per heavy atom. The highest BCUT2D eigenvalue weighted by Gasteiger charge is 2.24. The number of nitrogens with zero attached hydrogens (tertiary/aromatic N) is 4. The molecule has 0 atom stereocenters. The summed E-state index contributed by atoms with van der Waals surface area (Å²) in [4.78, 5) is 31.4. The van der Waals surface area contributed by atoms with Crippen LogP contribution >= 0.6 is 11.3 Å². The number of fused-ring (bicyclic) bond motifs is 1. The fraction of sp³-hybridized carbons (Fsp3) is 0.304.